The third-order valence-electron chi connectivity index (χ3n) is 4.76. The third kappa shape index (κ3) is 6.98. The fourth-order valence-corrected chi connectivity index (χ4v) is 3.92. The summed E-state index contributed by atoms with van der Waals surface area (Å²) in [7, 11) is 1.22. The average molecular weight is 470 g/mol. The number of ether oxygens (including phenoxy) is 1. The van der Waals surface area contributed by atoms with Crippen LogP contribution in [0.1, 0.15) is 36.2 Å². The molecule has 1 heterocycles. The maximum Gasteiger partial charge on any atom is 0.407 e. The number of methoxy groups -OCH3 is 1. The minimum atomic E-state index is -0.824. The van der Waals surface area contributed by atoms with Crippen molar-refractivity contribution in [3.63, 3.8) is 0 Å². The lowest BCUT2D eigenvalue weighted by molar-refractivity contribution is -0.124. The normalized spacial score (nSPS) is 11.8. The van der Waals surface area contributed by atoms with Crippen molar-refractivity contribution in [2.45, 2.75) is 37.2 Å². The molecule has 1 atom stereocenters. The van der Waals surface area contributed by atoms with Crippen LogP contribution in [0.25, 0.3) is 11.0 Å². The summed E-state index contributed by atoms with van der Waals surface area (Å²) in [6.45, 7) is 3.84. The molecule has 0 aliphatic carbocycles. The Kier molecular flexibility index (Phi) is 8.31. The second-order valence-electron chi connectivity index (χ2n) is 7.81. The number of fused-ring (bicyclic) bond motifs is 1. The molecule has 33 heavy (non-hydrogen) atoms. The van der Waals surface area contributed by atoms with Gasteiger partial charge in [0.25, 0.3) is 11.8 Å². The molecule has 0 fully saturated rings. The van der Waals surface area contributed by atoms with Crippen molar-refractivity contribution in [2.75, 3.05) is 7.11 Å². The molecule has 10 heteroatoms. The summed E-state index contributed by atoms with van der Waals surface area (Å²) in [6, 6.07) is 14.1. The Labute approximate surface area is 196 Å². The van der Waals surface area contributed by atoms with E-state index in [1.807, 2.05) is 50.2 Å². The van der Waals surface area contributed by atoms with Gasteiger partial charge in [-0.25, -0.2) is 9.78 Å². The van der Waals surface area contributed by atoms with E-state index < -0.39 is 23.9 Å². The summed E-state index contributed by atoms with van der Waals surface area (Å²) in [5.74, 6) is -0.143. The number of carbonyl (C=O) groups is 3. The van der Waals surface area contributed by atoms with E-state index in [1.165, 1.54) is 7.11 Å². The van der Waals surface area contributed by atoms with Crippen LogP contribution in [0.4, 0.5) is 4.79 Å². The zero-order chi connectivity index (χ0) is 23.8. The van der Waals surface area contributed by atoms with E-state index >= 15 is 0 Å². The molecule has 0 saturated carbocycles. The smallest absolute Gasteiger partial charge is 0.407 e. The Bertz CT molecular complexity index is 1080. The van der Waals surface area contributed by atoms with Gasteiger partial charge in [-0.2, -0.15) is 0 Å². The lowest BCUT2D eigenvalue weighted by Crippen LogP contribution is -2.52. The molecule has 1 aromatic heterocycles. The number of hydrogen-bond donors (Lipinski definition) is 4. The van der Waals surface area contributed by atoms with Crippen molar-refractivity contribution >= 4 is 40.7 Å². The number of carbonyl (C=O) groups excluding carboxylic acids is 3. The first-order chi connectivity index (χ1) is 15.9. The van der Waals surface area contributed by atoms with Gasteiger partial charge in [0.2, 0.25) is 0 Å². The van der Waals surface area contributed by atoms with Crippen molar-refractivity contribution in [3.05, 3.63) is 59.7 Å². The molecule has 2 aromatic carbocycles. The van der Waals surface area contributed by atoms with E-state index in [0.29, 0.717) is 17.7 Å². The summed E-state index contributed by atoms with van der Waals surface area (Å²) in [4.78, 5) is 44.1. The van der Waals surface area contributed by atoms with E-state index in [9.17, 15) is 14.4 Å². The molecule has 0 aliphatic rings. The fraction of sp³-hybridized carbons (Fsp3) is 0.304. The number of thioether (sulfide) groups is 1. The molecular weight excluding hydrogens is 442 g/mol. The topological polar surface area (TPSA) is 125 Å². The number of aromatic amines is 1. The number of nitrogens with zero attached hydrogens (tertiary/aromatic N) is 1. The highest BCUT2D eigenvalue weighted by atomic mass is 32.2. The molecule has 3 amide bonds. The highest BCUT2D eigenvalue weighted by molar-refractivity contribution is 7.98. The number of alkyl carbamates (subject to hydrolysis) is 1. The Balaban J connectivity index is 1.51. The minimum Gasteiger partial charge on any atom is -0.453 e. The number of imidazole rings is 1. The van der Waals surface area contributed by atoms with Crippen LogP contribution in [0.15, 0.2) is 53.7 Å². The first kappa shape index (κ1) is 24.1. The van der Waals surface area contributed by atoms with Crippen molar-refractivity contribution in [1.29, 1.82) is 0 Å². The van der Waals surface area contributed by atoms with E-state index in [4.69, 9.17) is 0 Å². The van der Waals surface area contributed by atoms with Crippen molar-refractivity contribution < 1.29 is 19.1 Å². The number of hydrazine groups is 1. The van der Waals surface area contributed by atoms with Crippen LogP contribution in [0.2, 0.25) is 0 Å². The van der Waals surface area contributed by atoms with Gasteiger partial charge in [-0.1, -0.05) is 49.9 Å². The molecule has 9 nitrogen and oxygen atoms in total. The molecule has 3 rings (SSSR count). The highest BCUT2D eigenvalue weighted by Gasteiger charge is 2.22. The lowest BCUT2D eigenvalue weighted by Gasteiger charge is -2.19. The SMILES string of the molecule is COC(=O)NC(CC(C)C)C(=O)NNC(=O)c1ccc(CSc2nc3ccccc3[nH]2)cc1. The number of rotatable bonds is 8. The van der Waals surface area contributed by atoms with Crippen LogP contribution in [-0.4, -0.2) is 41.0 Å². The second-order valence-corrected chi connectivity index (χ2v) is 8.77. The molecular formula is C23H27N5O4S. The summed E-state index contributed by atoms with van der Waals surface area (Å²) in [5, 5.41) is 3.30. The maximum absolute atomic E-state index is 12.4. The zero-order valence-corrected chi connectivity index (χ0v) is 19.5. The van der Waals surface area contributed by atoms with Gasteiger partial charge in [-0.15, -0.1) is 0 Å². The maximum atomic E-state index is 12.4. The average Bonchev–Trinajstić information content (AvgIpc) is 3.23. The largest absolute Gasteiger partial charge is 0.453 e. The predicted octanol–water partition coefficient (Wildman–Crippen LogP) is 3.39. The first-order valence-electron chi connectivity index (χ1n) is 10.5. The zero-order valence-electron chi connectivity index (χ0n) is 18.7. The molecule has 3 aromatic rings. The Hall–Kier alpha value is -3.53. The molecule has 174 valence electrons. The van der Waals surface area contributed by atoms with Crippen LogP contribution < -0.4 is 16.2 Å². The Morgan fingerprint density at radius 1 is 1.06 bits per heavy atom. The molecule has 0 saturated heterocycles. The van der Waals surface area contributed by atoms with Gasteiger partial charge in [0, 0.05) is 11.3 Å². The number of para-hydroxylation sites is 2. The van der Waals surface area contributed by atoms with E-state index in [0.717, 1.165) is 21.8 Å². The molecule has 0 aliphatic heterocycles. The summed E-state index contributed by atoms with van der Waals surface area (Å²) in [6.07, 6.45) is -0.313. The minimum absolute atomic E-state index is 0.151. The highest BCUT2D eigenvalue weighted by Crippen LogP contribution is 2.23. The monoisotopic (exact) mass is 469 g/mol. The van der Waals surface area contributed by atoms with Crippen LogP contribution in [0.5, 0.6) is 0 Å². The van der Waals surface area contributed by atoms with Gasteiger partial charge >= 0.3 is 6.09 Å². The van der Waals surface area contributed by atoms with Crippen LogP contribution in [0, 0.1) is 5.92 Å². The predicted molar refractivity (Wildman–Crippen MR) is 126 cm³/mol. The second kappa shape index (κ2) is 11.4. The third-order valence-corrected chi connectivity index (χ3v) is 5.70. The van der Waals surface area contributed by atoms with Gasteiger partial charge in [-0.3, -0.25) is 20.4 Å². The van der Waals surface area contributed by atoms with E-state index in [2.05, 4.69) is 30.9 Å². The van der Waals surface area contributed by atoms with Gasteiger partial charge < -0.3 is 15.0 Å². The quantitative estimate of drug-likeness (QED) is 0.296. The molecule has 4 N–H and O–H groups in total. The molecule has 0 spiro atoms. The van der Waals surface area contributed by atoms with Crippen molar-refractivity contribution in [3.8, 4) is 0 Å². The summed E-state index contributed by atoms with van der Waals surface area (Å²) >= 11 is 1.57. The summed E-state index contributed by atoms with van der Waals surface area (Å²) < 4.78 is 4.56. The molecule has 0 radical (unpaired) electrons. The van der Waals surface area contributed by atoms with Crippen LogP contribution in [-0.2, 0) is 15.3 Å². The number of amides is 3. The van der Waals surface area contributed by atoms with Crippen LogP contribution >= 0.6 is 11.8 Å². The van der Waals surface area contributed by atoms with Gasteiger partial charge in [0.15, 0.2) is 5.16 Å². The number of H-pyrrole nitrogens is 1. The number of benzene rings is 2. The van der Waals surface area contributed by atoms with Gasteiger partial charge in [0.05, 0.1) is 18.1 Å². The van der Waals surface area contributed by atoms with Crippen molar-refractivity contribution in [1.82, 2.24) is 26.1 Å². The standard InChI is InChI=1S/C23H27N5O4S/c1-14(2)12-19(26-23(31)32-3)21(30)28-27-20(29)16-10-8-15(9-11-16)13-33-22-24-17-6-4-5-7-18(17)25-22/h4-11,14,19H,12-13H2,1-3H3,(H,24,25)(H,26,31)(H,27,29)(H,28,30). The van der Waals surface area contributed by atoms with E-state index in [-0.39, 0.29) is 5.92 Å². The summed E-state index contributed by atoms with van der Waals surface area (Å²) in [5.41, 5.74) is 8.09. The van der Waals surface area contributed by atoms with Crippen molar-refractivity contribution in [2.24, 2.45) is 5.92 Å². The Morgan fingerprint density at radius 2 is 1.79 bits per heavy atom. The number of nitrogens with one attached hydrogen (secondary N) is 4. The van der Waals surface area contributed by atoms with Gasteiger partial charge in [0.1, 0.15) is 6.04 Å². The Morgan fingerprint density at radius 3 is 2.45 bits per heavy atom. The first-order valence-corrected chi connectivity index (χ1v) is 11.5. The van der Waals surface area contributed by atoms with Crippen LogP contribution in [0.3, 0.4) is 0 Å². The fourth-order valence-electron chi connectivity index (χ4n) is 3.08. The van der Waals surface area contributed by atoms with E-state index in [1.54, 1.807) is 23.9 Å². The molecule has 1 unspecified atom stereocenters. The number of hydrogen-bond acceptors (Lipinski definition) is 6. The van der Waals surface area contributed by atoms with Gasteiger partial charge in [-0.05, 0) is 42.2 Å². The lowest BCUT2D eigenvalue weighted by atomic mass is 10.0. The molecule has 0 bridgehead atoms. The number of aromatic nitrogens is 2.